The van der Waals surface area contributed by atoms with Crippen LogP contribution in [0.3, 0.4) is 0 Å². The molecule has 2 heterocycles. The Morgan fingerprint density at radius 3 is 2.59 bits per heavy atom. The van der Waals surface area contributed by atoms with Gasteiger partial charge in [0.15, 0.2) is 0 Å². The summed E-state index contributed by atoms with van der Waals surface area (Å²) < 4.78 is 14.6. The average Bonchev–Trinajstić information content (AvgIpc) is 3.14. The molecule has 0 aliphatic carbocycles. The molecule has 0 aromatic heterocycles. The summed E-state index contributed by atoms with van der Waals surface area (Å²) in [5.41, 5.74) is 4.73. The number of benzene rings is 2. The number of amides is 1. The highest BCUT2D eigenvalue weighted by molar-refractivity contribution is 6.04. The molecule has 2 aliphatic rings. The molecule has 2 aromatic carbocycles. The molecule has 29 heavy (non-hydrogen) atoms. The maximum Gasteiger partial charge on any atom is 0.257 e. The van der Waals surface area contributed by atoms with Crippen LogP contribution in [0.15, 0.2) is 47.6 Å². The molecule has 2 aromatic rings. The Morgan fingerprint density at radius 2 is 1.86 bits per heavy atom. The SMILES string of the molecule is Cc1ccc(C2=NN(C(=O)CN3CCCCC3)[C@@H](c3ccccc3F)C2)c(C)c1. The molecule has 0 saturated carbocycles. The lowest BCUT2D eigenvalue weighted by atomic mass is 9.95. The number of likely N-dealkylation sites (tertiary alicyclic amines) is 1. The van der Waals surface area contributed by atoms with Crippen LogP contribution >= 0.6 is 0 Å². The van der Waals surface area contributed by atoms with Crippen molar-refractivity contribution in [1.82, 2.24) is 9.91 Å². The molecule has 1 atom stereocenters. The zero-order valence-corrected chi connectivity index (χ0v) is 17.2. The van der Waals surface area contributed by atoms with Crippen LogP contribution in [0, 0.1) is 19.7 Å². The molecule has 0 radical (unpaired) electrons. The van der Waals surface area contributed by atoms with Crippen LogP contribution in [0.2, 0.25) is 0 Å². The van der Waals surface area contributed by atoms with Crippen molar-refractivity contribution in [2.75, 3.05) is 19.6 Å². The standard InChI is InChI=1S/C24H28FN3O/c1-17-10-11-19(18(2)14-17)22-15-23(20-8-4-5-9-21(20)25)28(26-22)24(29)16-27-12-6-3-7-13-27/h4-5,8-11,14,23H,3,6-7,12-13,15-16H2,1-2H3/t23-/m1/s1. The highest BCUT2D eigenvalue weighted by atomic mass is 19.1. The Labute approximate surface area is 172 Å². The fourth-order valence-corrected chi connectivity index (χ4v) is 4.41. The van der Waals surface area contributed by atoms with Crippen molar-refractivity contribution < 1.29 is 9.18 Å². The lowest BCUT2D eigenvalue weighted by Gasteiger charge is -2.29. The number of halogens is 1. The first-order valence-corrected chi connectivity index (χ1v) is 10.5. The highest BCUT2D eigenvalue weighted by Crippen LogP contribution is 2.35. The van der Waals surface area contributed by atoms with Gasteiger partial charge < -0.3 is 0 Å². The predicted molar refractivity (Wildman–Crippen MR) is 113 cm³/mol. The van der Waals surface area contributed by atoms with Crippen molar-refractivity contribution in [2.24, 2.45) is 5.10 Å². The second-order valence-electron chi connectivity index (χ2n) is 8.18. The van der Waals surface area contributed by atoms with Crippen LogP contribution in [0.4, 0.5) is 4.39 Å². The second-order valence-corrected chi connectivity index (χ2v) is 8.18. The van der Waals surface area contributed by atoms with E-state index in [4.69, 9.17) is 5.10 Å². The van der Waals surface area contributed by atoms with Crippen LogP contribution in [-0.4, -0.2) is 41.2 Å². The maximum atomic E-state index is 14.6. The quantitative estimate of drug-likeness (QED) is 0.761. The van der Waals surface area contributed by atoms with Gasteiger partial charge in [-0.15, -0.1) is 0 Å². The molecule has 0 unspecified atom stereocenters. The van der Waals surface area contributed by atoms with Gasteiger partial charge in [-0.1, -0.05) is 48.4 Å². The van der Waals surface area contributed by atoms with Gasteiger partial charge in [-0.25, -0.2) is 9.40 Å². The summed E-state index contributed by atoms with van der Waals surface area (Å²) in [6.07, 6.45) is 4.00. The van der Waals surface area contributed by atoms with Gasteiger partial charge >= 0.3 is 0 Å². The van der Waals surface area contributed by atoms with Crippen LogP contribution in [-0.2, 0) is 4.79 Å². The first-order valence-electron chi connectivity index (χ1n) is 10.5. The van der Waals surface area contributed by atoms with E-state index in [1.165, 1.54) is 23.1 Å². The minimum absolute atomic E-state index is 0.0556. The van der Waals surface area contributed by atoms with Gasteiger partial charge in [-0.3, -0.25) is 9.69 Å². The lowest BCUT2D eigenvalue weighted by molar-refractivity contribution is -0.134. The van der Waals surface area contributed by atoms with E-state index in [-0.39, 0.29) is 11.7 Å². The van der Waals surface area contributed by atoms with E-state index < -0.39 is 6.04 Å². The Kier molecular flexibility index (Phi) is 5.76. The molecule has 1 fully saturated rings. The molecule has 5 heteroatoms. The molecule has 1 amide bonds. The summed E-state index contributed by atoms with van der Waals surface area (Å²) in [6.45, 7) is 6.34. The number of hydrazone groups is 1. The van der Waals surface area contributed by atoms with E-state index >= 15 is 0 Å². The van der Waals surface area contributed by atoms with Crippen molar-refractivity contribution in [2.45, 2.75) is 45.6 Å². The van der Waals surface area contributed by atoms with Gasteiger partial charge in [0, 0.05) is 17.5 Å². The summed E-state index contributed by atoms with van der Waals surface area (Å²) in [4.78, 5) is 15.4. The van der Waals surface area contributed by atoms with E-state index in [2.05, 4.69) is 36.9 Å². The van der Waals surface area contributed by atoms with E-state index in [9.17, 15) is 9.18 Å². The lowest BCUT2D eigenvalue weighted by Crippen LogP contribution is -2.40. The van der Waals surface area contributed by atoms with E-state index in [0.717, 1.165) is 42.8 Å². The van der Waals surface area contributed by atoms with Crippen molar-refractivity contribution >= 4 is 11.6 Å². The van der Waals surface area contributed by atoms with Gasteiger partial charge in [0.05, 0.1) is 18.3 Å². The summed E-state index contributed by atoms with van der Waals surface area (Å²) in [5.74, 6) is -0.342. The van der Waals surface area contributed by atoms with E-state index in [1.54, 1.807) is 12.1 Å². The summed E-state index contributed by atoms with van der Waals surface area (Å²) in [7, 11) is 0. The first-order chi connectivity index (χ1) is 14.0. The Morgan fingerprint density at radius 1 is 1.10 bits per heavy atom. The molecule has 4 rings (SSSR count). The van der Waals surface area contributed by atoms with Crippen molar-refractivity contribution in [3.05, 3.63) is 70.5 Å². The van der Waals surface area contributed by atoms with Crippen LogP contribution in [0.5, 0.6) is 0 Å². The van der Waals surface area contributed by atoms with Crippen LogP contribution < -0.4 is 0 Å². The molecule has 2 aliphatic heterocycles. The molecule has 0 N–H and O–H groups in total. The zero-order chi connectivity index (χ0) is 20.4. The molecular formula is C24H28FN3O. The third-order valence-corrected chi connectivity index (χ3v) is 5.93. The number of hydrogen-bond donors (Lipinski definition) is 0. The third-order valence-electron chi connectivity index (χ3n) is 5.93. The predicted octanol–water partition coefficient (Wildman–Crippen LogP) is 4.61. The fourth-order valence-electron chi connectivity index (χ4n) is 4.41. The fraction of sp³-hybridized carbons (Fsp3) is 0.417. The van der Waals surface area contributed by atoms with Crippen molar-refractivity contribution in [3.8, 4) is 0 Å². The Bertz CT molecular complexity index is 933. The number of carbonyl (C=O) groups excluding carboxylic acids is 1. The molecule has 4 nitrogen and oxygen atoms in total. The number of rotatable bonds is 4. The van der Waals surface area contributed by atoms with Crippen molar-refractivity contribution in [3.63, 3.8) is 0 Å². The molecule has 1 saturated heterocycles. The van der Waals surface area contributed by atoms with Gasteiger partial charge in [0.2, 0.25) is 0 Å². The topological polar surface area (TPSA) is 35.9 Å². The van der Waals surface area contributed by atoms with Crippen LogP contribution in [0.1, 0.15) is 54.0 Å². The smallest absolute Gasteiger partial charge is 0.257 e. The molecule has 0 spiro atoms. The number of hydrogen-bond acceptors (Lipinski definition) is 3. The van der Waals surface area contributed by atoms with E-state index in [1.807, 2.05) is 6.07 Å². The maximum absolute atomic E-state index is 14.6. The summed E-state index contributed by atoms with van der Waals surface area (Å²) in [6, 6.07) is 12.6. The number of piperidine rings is 1. The Balaban J connectivity index is 1.65. The summed E-state index contributed by atoms with van der Waals surface area (Å²) in [5, 5.41) is 6.25. The minimum atomic E-state index is -0.399. The normalized spacial score (nSPS) is 20.0. The van der Waals surface area contributed by atoms with Crippen molar-refractivity contribution in [1.29, 1.82) is 0 Å². The number of aryl methyl sites for hydroxylation is 2. The second kappa shape index (κ2) is 8.46. The summed E-state index contributed by atoms with van der Waals surface area (Å²) >= 11 is 0. The largest absolute Gasteiger partial charge is 0.294 e. The highest BCUT2D eigenvalue weighted by Gasteiger charge is 2.35. The van der Waals surface area contributed by atoms with Crippen LogP contribution in [0.25, 0.3) is 0 Å². The van der Waals surface area contributed by atoms with Gasteiger partial charge in [0.1, 0.15) is 5.82 Å². The third kappa shape index (κ3) is 4.25. The zero-order valence-electron chi connectivity index (χ0n) is 17.2. The number of carbonyl (C=O) groups is 1. The monoisotopic (exact) mass is 393 g/mol. The first kappa shape index (κ1) is 19.8. The minimum Gasteiger partial charge on any atom is -0.294 e. The Hall–Kier alpha value is -2.53. The number of nitrogens with zero attached hydrogens (tertiary/aromatic N) is 3. The molecule has 152 valence electrons. The molecular weight excluding hydrogens is 365 g/mol. The van der Waals surface area contributed by atoms with E-state index in [0.29, 0.717) is 18.5 Å². The van der Waals surface area contributed by atoms with Gasteiger partial charge in [-0.05, 0) is 51.4 Å². The molecule has 0 bridgehead atoms. The van der Waals surface area contributed by atoms with Gasteiger partial charge in [0.25, 0.3) is 5.91 Å². The van der Waals surface area contributed by atoms with Gasteiger partial charge in [-0.2, -0.15) is 5.10 Å². The average molecular weight is 394 g/mol.